The first-order valence-corrected chi connectivity index (χ1v) is 6.02. The fourth-order valence-electron chi connectivity index (χ4n) is 1.20. The van der Waals surface area contributed by atoms with Crippen molar-refractivity contribution >= 4 is 23.4 Å². The van der Waals surface area contributed by atoms with E-state index in [1.807, 2.05) is 13.8 Å². The van der Waals surface area contributed by atoms with E-state index in [-0.39, 0.29) is 16.5 Å². The normalized spacial score (nSPS) is 12.1. The minimum Gasteiger partial charge on any atom is -0.478 e. The molecule has 1 aromatic rings. The molecule has 0 fully saturated rings. The third kappa shape index (κ3) is 3.45. The molecule has 1 N–H and O–H groups in total. The smallest absolute Gasteiger partial charge is 0.336 e. The molecule has 0 saturated heterocycles. The highest BCUT2D eigenvalue weighted by Gasteiger charge is 2.17. The van der Waals surface area contributed by atoms with E-state index in [4.69, 9.17) is 5.11 Å². The minimum absolute atomic E-state index is 0.0826. The highest BCUT2D eigenvalue weighted by atomic mass is 32.2. The van der Waals surface area contributed by atoms with E-state index in [0.717, 1.165) is 6.42 Å². The molecule has 0 saturated carbocycles. The Morgan fingerprint density at radius 2 is 2.24 bits per heavy atom. The number of hydrogen-bond donors (Lipinski definition) is 1. The lowest BCUT2D eigenvalue weighted by Gasteiger charge is -2.10. The average Bonchev–Trinajstić information content (AvgIpc) is 2.28. The summed E-state index contributed by atoms with van der Waals surface area (Å²) in [5.41, 5.74) is 0.0294. The molecule has 0 aliphatic carbocycles. The van der Waals surface area contributed by atoms with Crippen LogP contribution in [0.3, 0.4) is 0 Å². The van der Waals surface area contributed by atoms with Gasteiger partial charge in [0.2, 0.25) is 0 Å². The minimum atomic E-state index is -1.06. The molecule has 5 nitrogen and oxygen atoms in total. The highest BCUT2D eigenvalue weighted by Crippen LogP contribution is 2.31. The molecule has 0 aliphatic rings. The van der Waals surface area contributed by atoms with Crippen LogP contribution in [0, 0.1) is 10.1 Å². The van der Waals surface area contributed by atoms with E-state index in [0.29, 0.717) is 4.90 Å². The van der Waals surface area contributed by atoms with Gasteiger partial charge in [0.15, 0.2) is 0 Å². The van der Waals surface area contributed by atoms with Crippen LogP contribution >= 0.6 is 11.8 Å². The van der Waals surface area contributed by atoms with E-state index in [1.54, 1.807) is 0 Å². The molecule has 0 spiro atoms. The van der Waals surface area contributed by atoms with Crippen molar-refractivity contribution in [2.45, 2.75) is 30.4 Å². The number of carbonyl (C=O) groups is 1. The molecule has 0 aliphatic heterocycles. The van der Waals surface area contributed by atoms with Gasteiger partial charge in [-0.1, -0.05) is 13.8 Å². The summed E-state index contributed by atoms with van der Waals surface area (Å²) in [7, 11) is 0. The monoisotopic (exact) mass is 255 g/mol. The summed E-state index contributed by atoms with van der Waals surface area (Å²) < 4.78 is 0. The van der Waals surface area contributed by atoms with Gasteiger partial charge in [-0.25, -0.2) is 4.79 Å². The third-order valence-electron chi connectivity index (χ3n) is 2.31. The largest absolute Gasteiger partial charge is 0.478 e. The van der Waals surface area contributed by atoms with Gasteiger partial charge in [-0.3, -0.25) is 10.1 Å². The zero-order valence-corrected chi connectivity index (χ0v) is 10.4. The summed E-state index contributed by atoms with van der Waals surface area (Å²) >= 11 is 1.34. The Balaban J connectivity index is 3.15. The Morgan fingerprint density at radius 3 is 2.71 bits per heavy atom. The van der Waals surface area contributed by atoms with Gasteiger partial charge in [0, 0.05) is 22.3 Å². The molecular formula is C11H13NO4S. The van der Waals surface area contributed by atoms with E-state index in [9.17, 15) is 14.9 Å². The van der Waals surface area contributed by atoms with Crippen molar-refractivity contribution in [3.05, 3.63) is 33.9 Å². The second-order valence-corrected chi connectivity index (χ2v) is 5.06. The maximum absolute atomic E-state index is 11.0. The number of benzene rings is 1. The summed E-state index contributed by atoms with van der Waals surface area (Å²) in [6.45, 7) is 3.94. The second-order valence-electron chi connectivity index (χ2n) is 3.58. The molecule has 17 heavy (non-hydrogen) atoms. The number of hydrogen-bond acceptors (Lipinski definition) is 4. The number of nitro benzene ring substituents is 1. The summed E-state index contributed by atoms with van der Waals surface area (Å²) in [5, 5.41) is 19.9. The van der Waals surface area contributed by atoms with Gasteiger partial charge in [-0.05, 0) is 12.5 Å². The van der Waals surface area contributed by atoms with E-state index in [1.165, 1.54) is 30.0 Å². The van der Waals surface area contributed by atoms with Gasteiger partial charge < -0.3 is 5.11 Å². The van der Waals surface area contributed by atoms with Crippen molar-refractivity contribution in [3.63, 3.8) is 0 Å². The Kier molecular flexibility index (Phi) is 4.51. The molecule has 1 aromatic carbocycles. The van der Waals surface area contributed by atoms with Crippen molar-refractivity contribution < 1.29 is 14.8 Å². The topological polar surface area (TPSA) is 80.4 Å². The number of non-ortho nitro benzene ring substituents is 1. The van der Waals surface area contributed by atoms with Crippen molar-refractivity contribution in [1.29, 1.82) is 0 Å². The molecule has 0 aromatic heterocycles. The van der Waals surface area contributed by atoms with Crippen LogP contribution in [-0.4, -0.2) is 21.2 Å². The standard InChI is InChI=1S/C11H13NO4S/c1-3-7(2)17-10-6-8(12(15)16)4-5-9(10)11(13)14/h4-7H,3H2,1-2H3,(H,13,14). The Bertz CT molecular complexity index is 447. The van der Waals surface area contributed by atoms with Gasteiger partial charge in [-0.2, -0.15) is 0 Å². The van der Waals surface area contributed by atoms with Gasteiger partial charge in [0.25, 0.3) is 5.69 Å². The van der Waals surface area contributed by atoms with Crippen LogP contribution < -0.4 is 0 Å². The van der Waals surface area contributed by atoms with Gasteiger partial charge in [0.05, 0.1) is 10.5 Å². The summed E-state index contributed by atoms with van der Waals surface area (Å²) in [5.74, 6) is -1.06. The van der Waals surface area contributed by atoms with E-state index >= 15 is 0 Å². The predicted molar refractivity (Wildman–Crippen MR) is 65.7 cm³/mol. The van der Waals surface area contributed by atoms with Crippen molar-refractivity contribution in [1.82, 2.24) is 0 Å². The van der Waals surface area contributed by atoms with Gasteiger partial charge in [-0.15, -0.1) is 11.8 Å². The highest BCUT2D eigenvalue weighted by molar-refractivity contribution is 8.00. The zero-order chi connectivity index (χ0) is 13.0. The number of rotatable bonds is 5. The molecule has 92 valence electrons. The number of nitrogens with zero attached hydrogens (tertiary/aromatic N) is 1. The van der Waals surface area contributed by atoms with Crippen LogP contribution in [0.15, 0.2) is 23.1 Å². The first-order valence-electron chi connectivity index (χ1n) is 5.14. The van der Waals surface area contributed by atoms with Gasteiger partial charge >= 0.3 is 5.97 Å². The van der Waals surface area contributed by atoms with Crippen LogP contribution in [0.1, 0.15) is 30.6 Å². The predicted octanol–water partition coefficient (Wildman–Crippen LogP) is 3.18. The molecule has 1 atom stereocenters. The van der Waals surface area contributed by atoms with Gasteiger partial charge in [0.1, 0.15) is 0 Å². The number of thioether (sulfide) groups is 1. The summed E-state index contributed by atoms with van der Waals surface area (Å²) in [6, 6.07) is 3.82. The van der Waals surface area contributed by atoms with Crippen LogP contribution in [0.2, 0.25) is 0 Å². The van der Waals surface area contributed by atoms with E-state index in [2.05, 4.69) is 0 Å². The summed E-state index contributed by atoms with van der Waals surface area (Å²) in [4.78, 5) is 21.6. The lowest BCUT2D eigenvalue weighted by Crippen LogP contribution is -2.02. The number of nitro groups is 1. The number of carboxylic acid groups (broad SMARTS) is 1. The van der Waals surface area contributed by atoms with Crippen LogP contribution in [-0.2, 0) is 0 Å². The fraction of sp³-hybridized carbons (Fsp3) is 0.364. The first-order chi connectivity index (χ1) is 7.95. The molecule has 0 amide bonds. The lowest BCUT2D eigenvalue weighted by molar-refractivity contribution is -0.385. The first kappa shape index (κ1) is 13.5. The molecule has 1 rings (SSSR count). The Hall–Kier alpha value is -1.56. The number of aromatic carboxylic acids is 1. The molecular weight excluding hydrogens is 242 g/mol. The molecule has 0 radical (unpaired) electrons. The lowest BCUT2D eigenvalue weighted by atomic mass is 10.2. The van der Waals surface area contributed by atoms with Crippen LogP contribution in [0.5, 0.6) is 0 Å². The maximum Gasteiger partial charge on any atom is 0.336 e. The average molecular weight is 255 g/mol. The number of carboxylic acids is 1. The van der Waals surface area contributed by atoms with Crippen molar-refractivity contribution in [3.8, 4) is 0 Å². The quantitative estimate of drug-likeness (QED) is 0.496. The fourth-order valence-corrected chi connectivity index (χ4v) is 2.27. The molecule has 0 heterocycles. The molecule has 6 heteroatoms. The third-order valence-corrected chi connectivity index (χ3v) is 3.64. The molecule has 0 bridgehead atoms. The molecule has 1 unspecified atom stereocenters. The second kappa shape index (κ2) is 5.67. The Morgan fingerprint density at radius 1 is 1.59 bits per heavy atom. The summed E-state index contributed by atoms with van der Waals surface area (Å²) in [6.07, 6.45) is 0.867. The van der Waals surface area contributed by atoms with Crippen LogP contribution in [0.4, 0.5) is 5.69 Å². The van der Waals surface area contributed by atoms with Crippen molar-refractivity contribution in [2.24, 2.45) is 0 Å². The SMILES string of the molecule is CCC(C)Sc1cc([N+](=O)[O-])ccc1C(=O)O. The van der Waals surface area contributed by atoms with E-state index < -0.39 is 10.9 Å². The Labute approximate surface area is 103 Å². The van der Waals surface area contributed by atoms with Crippen LogP contribution in [0.25, 0.3) is 0 Å². The zero-order valence-electron chi connectivity index (χ0n) is 9.54. The maximum atomic E-state index is 11.0. The van der Waals surface area contributed by atoms with Crippen molar-refractivity contribution in [2.75, 3.05) is 0 Å².